The van der Waals surface area contributed by atoms with Gasteiger partial charge in [-0.2, -0.15) is 0 Å². The van der Waals surface area contributed by atoms with Crippen LogP contribution in [0.2, 0.25) is 5.02 Å². The number of ether oxygens (including phenoxy) is 1. The second-order valence-electron chi connectivity index (χ2n) is 4.55. The number of rotatable bonds is 3. The van der Waals surface area contributed by atoms with Gasteiger partial charge in [0.1, 0.15) is 17.5 Å². The van der Waals surface area contributed by atoms with E-state index in [0.29, 0.717) is 5.02 Å². The third-order valence-electron chi connectivity index (χ3n) is 3.41. The first-order valence-corrected chi connectivity index (χ1v) is 7.82. The maximum absolute atomic E-state index is 13.0. The summed E-state index contributed by atoms with van der Waals surface area (Å²) >= 11 is 8.51. The normalized spacial score (nSPS) is 25.3. The van der Waals surface area contributed by atoms with E-state index in [9.17, 15) is 4.39 Å². The lowest BCUT2D eigenvalue weighted by Crippen LogP contribution is -2.12. The molecule has 1 aliphatic heterocycles. The summed E-state index contributed by atoms with van der Waals surface area (Å²) < 4.78 is 19.7. The zero-order valence-corrected chi connectivity index (χ0v) is 12.9. The van der Waals surface area contributed by atoms with Crippen LogP contribution in [-0.4, -0.2) is 4.43 Å². The van der Waals surface area contributed by atoms with Gasteiger partial charge in [-0.25, -0.2) is 4.39 Å². The first-order chi connectivity index (χ1) is 9.17. The Morgan fingerprint density at radius 2 is 1.84 bits per heavy atom. The SMILES string of the molecule is Fc1ccc([C@@]2(CI)O[C@@H]2c2ccccc2Cl)cc1. The molecule has 0 spiro atoms. The average molecular weight is 389 g/mol. The van der Waals surface area contributed by atoms with Crippen LogP contribution in [-0.2, 0) is 10.3 Å². The van der Waals surface area contributed by atoms with Gasteiger partial charge in [0.2, 0.25) is 0 Å². The zero-order valence-electron chi connectivity index (χ0n) is 9.95. The molecule has 1 nitrogen and oxygen atoms in total. The summed E-state index contributed by atoms with van der Waals surface area (Å²) in [5.41, 5.74) is 1.61. The Hall–Kier alpha value is -0.650. The van der Waals surface area contributed by atoms with E-state index in [4.69, 9.17) is 16.3 Å². The summed E-state index contributed by atoms with van der Waals surface area (Å²) in [6.07, 6.45) is -0.0523. The Balaban J connectivity index is 1.96. The van der Waals surface area contributed by atoms with E-state index in [1.54, 1.807) is 12.1 Å². The molecule has 0 N–H and O–H groups in total. The highest BCUT2D eigenvalue weighted by atomic mass is 127. The van der Waals surface area contributed by atoms with Crippen molar-refractivity contribution in [2.75, 3.05) is 4.43 Å². The zero-order chi connectivity index (χ0) is 13.5. The van der Waals surface area contributed by atoms with Crippen LogP contribution in [0.15, 0.2) is 48.5 Å². The molecule has 1 aliphatic rings. The van der Waals surface area contributed by atoms with Crippen LogP contribution in [0.4, 0.5) is 4.39 Å². The summed E-state index contributed by atoms with van der Waals surface area (Å²) in [5, 5.41) is 0.710. The minimum absolute atomic E-state index is 0.0523. The van der Waals surface area contributed by atoms with Crippen LogP contribution in [0.5, 0.6) is 0 Å². The largest absolute Gasteiger partial charge is 0.355 e. The number of hydrogen-bond donors (Lipinski definition) is 0. The summed E-state index contributed by atoms with van der Waals surface area (Å²) in [7, 11) is 0. The van der Waals surface area contributed by atoms with Crippen LogP contribution < -0.4 is 0 Å². The van der Waals surface area contributed by atoms with Crippen molar-refractivity contribution in [2.45, 2.75) is 11.7 Å². The number of hydrogen-bond acceptors (Lipinski definition) is 1. The fraction of sp³-hybridized carbons (Fsp3) is 0.200. The molecule has 1 fully saturated rings. The highest BCUT2D eigenvalue weighted by Crippen LogP contribution is 2.59. The monoisotopic (exact) mass is 388 g/mol. The van der Waals surface area contributed by atoms with Gasteiger partial charge in [-0.05, 0) is 23.8 Å². The highest BCUT2D eigenvalue weighted by molar-refractivity contribution is 14.1. The quantitative estimate of drug-likeness (QED) is 0.415. The number of halogens is 3. The molecule has 98 valence electrons. The molecule has 0 amide bonds. The maximum Gasteiger partial charge on any atom is 0.133 e. The molecular weight excluding hydrogens is 378 g/mol. The molecule has 0 radical (unpaired) electrons. The lowest BCUT2D eigenvalue weighted by molar-refractivity contribution is 0.319. The van der Waals surface area contributed by atoms with Gasteiger partial charge in [0.25, 0.3) is 0 Å². The van der Waals surface area contributed by atoms with E-state index in [1.165, 1.54) is 12.1 Å². The summed E-state index contributed by atoms with van der Waals surface area (Å²) in [4.78, 5) is 0. The van der Waals surface area contributed by atoms with Crippen LogP contribution in [0.25, 0.3) is 0 Å². The third kappa shape index (κ3) is 2.28. The topological polar surface area (TPSA) is 12.5 Å². The molecule has 4 heteroatoms. The van der Waals surface area contributed by atoms with Crippen molar-refractivity contribution in [2.24, 2.45) is 0 Å². The first-order valence-electron chi connectivity index (χ1n) is 5.91. The van der Waals surface area contributed by atoms with E-state index in [0.717, 1.165) is 15.6 Å². The van der Waals surface area contributed by atoms with E-state index in [1.807, 2.05) is 24.3 Å². The molecule has 0 saturated carbocycles. The number of epoxide rings is 1. The Labute approximate surface area is 129 Å². The molecule has 1 heterocycles. The van der Waals surface area contributed by atoms with Crippen LogP contribution in [0.1, 0.15) is 17.2 Å². The summed E-state index contributed by atoms with van der Waals surface area (Å²) in [6, 6.07) is 14.2. The van der Waals surface area contributed by atoms with Gasteiger partial charge in [-0.3, -0.25) is 0 Å². The molecule has 2 atom stereocenters. The van der Waals surface area contributed by atoms with Crippen LogP contribution in [0.3, 0.4) is 0 Å². The molecule has 0 aromatic heterocycles. The summed E-state index contributed by atoms with van der Waals surface area (Å²) in [6.45, 7) is 0. The molecule has 0 aliphatic carbocycles. The van der Waals surface area contributed by atoms with Crippen molar-refractivity contribution in [1.29, 1.82) is 0 Å². The molecular formula is C15H11ClFIO. The van der Waals surface area contributed by atoms with Gasteiger partial charge in [-0.15, -0.1) is 0 Å². The minimum atomic E-state index is -0.376. The van der Waals surface area contributed by atoms with E-state index in [-0.39, 0.29) is 17.5 Å². The molecule has 2 aromatic rings. The van der Waals surface area contributed by atoms with Crippen LogP contribution >= 0.6 is 34.2 Å². The molecule has 0 bridgehead atoms. The highest BCUT2D eigenvalue weighted by Gasteiger charge is 2.58. The van der Waals surface area contributed by atoms with Gasteiger partial charge in [0.15, 0.2) is 0 Å². The van der Waals surface area contributed by atoms with Crippen molar-refractivity contribution in [3.05, 3.63) is 70.5 Å². The lowest BCUT2D eigenvalue weighted by atomic mass is 9.93. The van der Waals surface area contributed by atoms with Crippen molar-refractivity contribution in [3.63, 3.8) is 0 Å². The smallest absolute Gasteiger partial charge is 0.133 e. The maximum atomic E-state index is 13.0. The predicted molar refractivity (Wildman–Crippen MR) is 82.2 cm³/mol. The molecule has 3 rings (SSSR count). The fourth-order valence-corrected chi connectivity index (χ4v) is 3.56. The van der Waals surface area contributed by atoms with Gasteiger partial charge in [0.05, 0.1) is 0 Å². The average Bonchev–Trinajstić information content (AvgIpc) is 3.16. The van der Waals surface area contributed by atoms with Gasteiger partial charge in [0, 0.05) is 15.0 Å². The van der Waals surface area contributed by atoms with Gasteiger partial charge < -0.3 is 4.74 Å². The molecule has 19 heavy (non-hydrogen) atoms. The molecule has 1 saturated heterocycles. The van der Waals surface area contributed by atoms with Crippen molar-refractivity contribution < 1.29 is 9.13 Å². The fourth-order valence-electron chi connectivity index (χ4n) is 2.31. The third-order valence-corrected chi connectivity index (χ3v) is 4.89. The van der Waals surface area contributed by atoms with Crippen molar-refractivity contribution >= 4 is 34.2 Å². The minimum Gasteiger partial charge on any atom is -0.355 e. The molecule has 0 unspecified atom stereocenters. The Bertz CT molecular complexity index is 601. The Kier molecular flexibility index (Phi) is 3.53. The second kappa shape index (κ2) is 5.04. The lowest BCUT2D eigenvalue weighted by Gasteiger charge is -2.10. The van der Waals surface area contributed by atoms with E-state index < -0.39 is 0 Å². The Morgan fingerprint density at radius 3 is 2.47 bits per heavy atom. The second-order valence-corrected chi connectivity index (χ2v) is 5.72. The predicted octanol–water partition coefficient (Wildman–Crippen LogP) is 4.88. The number of alkyl halides is 1. The van der Waals surface area contributed by atoms with Crippen molar-refractivity contribution in [3.8, 4) is 0 Å². The Morgan fingerprint density at radius 1 is 1.16 bits per heavy atom. The first kappa shape index (κ1) is 13.3. The van der Waals surface area contributed by atoms with Gasteiger partial charge >= 0.3 is 0 Å². The van der Waals surface area contributed by atoms with E-state index in [2.05, 4.69) is 22.6 Å². The summed E-state index contributed by atoms with van der Waals surface area (Å²) in [5.74, 6) is -0.234. The standard InChI is InChI=1S/C15H11ClFIO/c16-13-4-2-1-3-12(13)14-15(9-18,19-14)10-5-7-11(17)8-6-10/h1-8,14H,9H2/t14-,15-/m1/s1. The van der Waals surface area contributed by atoms with Crippen LogP contribution in [0, 0.1) is 5.82 Å². The van der Waals surface area contributed by atoms with E-state index >= 15 is 0 Å². The number of benzene rings is 2. The van der Waals surface area contributed by atoms with Crippen molar-refractivity contribution in [1.82, 2.24) is 0 Å². The van der Waals surface area contributed by atoms with Gasteiger partial charge in [-0.1, -0.05) is 64.5 Å². The molecule has 2 aromatic carbocycles.